The van der Waals surface area contributed by atoms with Gasteiger partial charge in [0.1, 0.15) is 22.8 Å². The number of aromatic hydroxyl groups is 1. The second-order valence-corrected chi connectivity index (χ2v) is 12.9. The average Bonchev–Trinajstić information content (AvgIpc) is 3.43. The molecule has 1 heterocycles. The Morgan fingerprint density at radius 3 is 2.40 bits per heavy atom. The molecule has 0 saturated heterocycles. The highest BCUT2D eigenvalue weighted by Gasteiger charge is 2.74. The third-order valence-corrected chi connectivity index (χ3v) is 9.63. The number of phenolic OH excluding ortho intramolecular Hbond substituents is 1. The van der Waals surface area contributed by atoms with E-state index in [1.807, 2.05) is 6.07 Å². The molecule has 0 unspecified atom stereocenters. The van der Waals surface area contributed by atoms with Gasteiger partial charge in [0.2, 0.25) is 6.79 Å². The number of phenols is 1. The average molecular weight is 646 g/mol. The highest BCUT2D eigenvalue weighted by atomic mass is 16.7. The Hall–Kier alpha value is -5.30. The number of aliphatic hydroxyl groups excluding tert-OH is 2. The molecule has 1 fully saturated rings. The number of hydrogen-bond acceptors (Lipinski definition) is 14. The van der Waals surface area contributed by atoms with Gasteiger partial charge in [-0.1, -0.05) is 6.07 Å². The van der Waals surface area contributed by atoms with E-state index in [9.17, 15) is 35.0 Å². The third-order valence-electron chi connectivity index (χ3n) is 9.63. The van der Waals surface area contributed by atoms with E-state index in [1.54, 1.807) is 43.3 Å². The lowest BCUT2D eigenvalue weighted by atomic mass is 9.47. The molecular formula is C32H35N7O8. The lowest BCUT2D eigenvalue weighted by Gasteiger charge is -2.58. The van der Waals surface area contributed by atoms with E-state index >= 15 is 0 Å². The summed E-state index contributed by atoms with van der Waals surface area (Å²) < 4.78 is 10.8. The molecule has 1 aliphatic heterocycles. The molecule has 15 nitrogen and oxygen atoms in total. The van der Waals surface area contributed by atoms with Gasteiger partial charge in [0.25, 0.3) is 5.91 Å². The van der Waals surface area contributed by atoms with Crippen LogP contribution in [0.1, 0.15) is 23.1 Å². The van der Waals surface area contributed by atoms with Crippen LogP contribution >= 0.6 is 0 Å². The van der Waals surface area contributed by atoms with Crippen LogP contribution in [0.2, 0.25) is 0 Å². The summed E-state index contributed by atoms with van der Waals surface area (Å²) in [5.41, 5.74) is 13.0. The van der Waals surface area contributed by atoms with Crippen molar-refractivity contribution in [1.29, 1.82) is 5.26 Å². The first-order valence-corrected chi connectivity index (χ1v) is 14.6. The fraction of sp³-hybridized carbons (Fsp3) is 0.375. The number of benzene rings is 2. The molecule has 1 amide bonds. The predicted octanol–water partition coefficient (Wildman–Crippen LogP) is 0.312. The Labute approximate surface area is 269 Å². The number of amides is 1. The summed E-state index contributed by atoms with van der Waals surface area (Å²) in [6.45, 7) is 0.343. The van der Waals surface area contributed by atoms with E-state index in [-0.39, 0.29) is 31.0 Å². The number of nitrogens with zero attached hydrogens (tertiary/aromatic N) is 3. The number of nitriles is 1. The van der Waals surface area contributed by atoms with Crippen LogP contribution in [0.4, 0.5) is 11.4 Å². The lowest BCUT2D eigenvalue weighted by molar-refractivity contribution is -0.139. The summed E-state index contributed by atoms with van der Waals surface area (Å²) in [5.74, 6) is -4.68. The zero-order chi connectivity index (χ0) is 34.4. The molecule has 6 rings (SSSR count). The molecule has 246 valence electrons. The van der Waals surface area contributed by atoms with Crippen molar-refractivity contribution in [2.75, 3.05) is 45.2 Å². The molecule has 0 aromatic heterocycles. The maximum absolute atomic E-state index is 14.6. The van der Waals surface area contributed by atoms with Crippen molar-refractivity contribution in [3.05, 3.63) is 57.9 Å². The molecule has 0 bridgehead atoms. The van der Waals surface area contributed by atoms with E-state index < -0.39 is 74.8 Å². The second kappa shape index (κ2) is 10.4. The zero-order valence-corrected chi connectivity index (χ0v) is 26.2. The number of nitrogens with one attached hydrogen (secondary N) is 1. The van der Waals surface area contributed by atoms with Gasteiger partial charge < -0.3 is 52.2 Å². The molecule has 1 saturated carbocycles. The van der Waals surface area contributed by atoms with Gasteiger partial charge >= 0.3 is 0 Å². The van der Waals surface area contributed by atoms with Crippen molar-refractivity contribution in [1.82, 2.24) is 4.90 Å². The van der Waals surface area contributed by atoms with Crippen molar-refractivity contribution in [3.63, 3.8) is 0 Å². The lowest BCUT2D eigenvalue weighted by Crippen LogP contribution is -2.80. The molecule has 47 heavy (non-hydrogen) atoms. The molecule has 0 radical (unpaired) electrons. The van der Waals surface area contributed by atoms with Crippen molar-refractivity contribution >= 4 is 34.6 Å². The first-order valence-electron chi connectivity index (χ1n) is 14.6. The standard InChI is InChI=1S/C32H35N7O8/c1-38(2)17-8-16(37-10-14-5-6-18-19(7-14)47-13-46-18)23(40)20-15(17)9-30(35)11-32(36)26(39(3)4)25(42)21(29(34)45)27(43)31(32,12-33)28(44)22(30)24(20)41/h5-8,26,37,40-41,43H,9-11,13,35-36H2,1-4H3,(H2,34,45)/t26-,30-,31+,32-/m1/s1. The Morgan fingerprint density at radius 2 is 1.79 bits per heavy atom. The number of nitrogens with two attached hydrogens (primary N) is 3. The summed E-state index contributed by atoms with van der Waals surface area (Å²) >= 11 is 0. The molecular weight excluding hydrogens is 610 g/mol. The Kier molecular flexibility index (Phi) is 6.98. The highest BCUT2D eigenvalue weighted by Crippen LogP contribution is 2.59. The molecule has 2 aromatic carbocycles. The fourth-order valence-corrected chi connectivity index (χ4v) is 7.66. The number of ketones is 2. The van der Waals surface area contributed by atoms with Crippen LogP contribution in [-0.4, -0.2) is 89.8 Å². The molecule has 4 aliphatic rings. The number of fused-ring (bicyclic) bond motifs is 4. The number of rotatable bonds is 6. The van der Waals surface area contributed by atoms with E-state index in [1.165, 1.54) is 19.0 Å². The number of aliphatic hydroxyl groups is 2. The largest absolute Gasteiger partial charge is 0.509 e. The van der Waals surface area contributed by atoms with Gasteiger partial charge in [-0.3, -0.25) is 19.3 Å². The first-order chi connectivity index (χ1) is 22.0. The summed E-state index contributed by atoms with van der Waals surface area (Å²) in [6, 6.07) is 7.34. The minimum Gasteiger partial charge on any atom is -0.509 e. The summed E-state index contributed by atoms with van der Waals surface area (Å²) in [4.78, 5) is 43.7. The molecule has 15 heteroatoms. The number of primary amides is 1. The predicted molar refractivity (Wildman–Crippen MR) is 168 cm³/mol. The number of Topliss-reactive ketones (excluding diaryl/α,β-unsaturated/α-hetero) is 2. The van der Waals surface area contributed by atoms with Crippen LogP contribution in [0.15, 0.2) is 41.2 Å². The molecule has 0 spiro atoms. The molecule has 2 aromatic rings. The Bertz CT molecular complexity index is 1900. The normalized spacial score (nSPS) is 27.7. The zero-order valence-electron chi connectivity index (χ0n) is 26.2. The number of carbonyl (C=O) groups is 3. The molecule has 4 atom stereocenters. The minimum absolute atomic E-state index is 0.110. The first kappa shape index (κ1) is 31.7. The van der Waals surface area contributed by atoms with Gasteiger partial charge in [-0.05, 0) is 56.3 Å². The number of carbonyl (C=O) groups excluding carboxylic acids is 3. The highest BCUT2D eigenvalue weighted by molar-refractivity contribution is 6.25. The van der Waals surface area contributed by atoms with Gasteiger partial charge in [0.05, 0.1) is 40.0 Å². The maximum Gasteiger partial charge on any atom is 0.255 e. The van der Waals surface area contributed by atoms with E-state index in [4.69, 9.17) is 26.7 Å². The van der Waals surface area contributed by atoms with Gasteiger partial charge in [-0.25, -0.2) is 0 Å². The van der Waals surface area contributed by atoms with Gasteiger partial charge in [-0.15, -0.1) is 0 Å². The van der Waals surface area contributed by atoms with E-state index in [0.29, 0.717) is 22.7 Å². The molecule has 3 aliphatic carbocycles. The van der Waals surface area contributed by atoms with Crippen LogP contribution in [0, 0.1) is 16.7 Å². The van der Waals surface area contributed by atoms with Crippen molar-refractivity contribution in [3.8, 4) is 23.3 Å². The van der Waals surface area contributed by atoms with Gasteiger partial charge in [-0.2, -0.15) is 5.26 Å². The second-order valence-electron chi connectivity index (χ2n) is 12.9. The number of ether oxygens (including phenoxy) is 2. The Balaban J connectivity index is 1.54. The SMILES string of the molecule is CN(C)c1cc(NCc2ccc3c(c2)OCO3)c(O)c2c1C[C@@]1(N)C[C@@]3(N)[C@H](N(C)C)C(=O)C(C(N)=O)=C(O)[C@@]3(C#N)C(=O)C1=C2O. The smallest absolute Gasteiger partial charge is 0.255 e. The summed E-state index contributed by atoms with van der Waals surface area (Å²) in [5, 5.41) is 48.7. The number of likely N-dealkylation sites (N-methyl/N-ethyl adjacent to an activating group) is 1. The third kappa shape index (κ3) is 4.12. The monoisotopic (exact) mass is 645 g/mol. The summed E-state index contributed by atoms with van der Waals surface area (Å²) in [7, 11) is 6.43. The van der Waals surface area contributed by atoms with Crippen LogP contribution in [0.3, 0.4) is 0 Å². The molecule has 10 N–H and O–H groups in total. The van der Waals surface area contributed by atoms with Crippen LogP contribution in [0.25, 0.3) is 5.76 Å². The topological polar surface area (TPSA) is 251 Å². The van der Waals surface area contributed by atoms with E-state index in [0.717, 1.165) is 5.56 Å². The van der Waals surface area contributed by atoms with Gasteiger partial charge in [0.15, 0.2) is 28.5 Å². The summed E-state index contributed by atoms with van der Waals surface area (Å²) in [6.07, 6.45) is -0.612. The van der Waals surface area contributed by atoms with Crippen molar-refractivity contribution in [2.24, 2.45) is 22.6 Å². The van der Waals surface area contributed by atoms with Crippen LogP contribution in [0.5, 0.6) is 17.2 Å². The quantitative estimate of drug-likeness (QED) is 0.165. The van der Waals surface area contributed by atoms with E-state index in [2.05, 4.69) is 5.32 Å². The fourth-order valence-electron chi connectivity index (χ4n) is 7.66. The van der Waals surface area contributed by atoms with Crippen LogP contribution < -0.4 is 36.9 Å². The maximum atomic E-state index is 14.6. The Morgan fingerprint density at radius 1 is 1.11 bits per heavy atom. The number of anilines is 2. The van der Waals surface area contributed by atoms with Crippen LogP contribution in [-0.2, 0) is 27.3 Å². The van der Waals surface area contributed by atoms with Crippen molar-refractivity contribution in [2.45, 2.75) is 36.5 Å². The minimum atomic E-state index is -2.74. The van der Waals surface area contributed by atoms with Crippen molar-refractivity contribution < 1.29 is 39.2 Å². The van der Waals surface area contributed by atoms with Gasteiger partial charge in [0, 0.05) is 26.3 Å². The number of hydrogen-bond donors (Lipinski definition) is 7.